The largest absolute Gasteiger partial charge is 0.496 e. The summed E-state index contributed by atoms with van der Waals surface area (Å²) < 4.78 is 25.7. The number of aryl methyl sites for hydroxylation is 1. The number of thiophene rings is 1. The van der Waals surface area contributed by atoms with E-state index in [4.69, 9.17) is 9.47 Å². The van der Waals surface area contributed by atoms with Crippen LogP contribution < -0.4 is 4.74 Å². The summed E-state index contributed by atoms with van der Waals surface area (Å²) in [5.41, 5.74) is 1.28. The minimum absolute atomic E-state index is 0.154. The molecule has 0 aliphatic carbocycles. The molecule has 6 heteroatoms. The van der Waals surface area contributed by atoms with Crippen molar-refractivity contribution in [3.63, 3.8) is 0 Å². The van der Waals surface area contributed by atoms with E-state index in [1.165, 1.54) is 18.1 Å². The average Bonchev–Trinajstić information content (AvgIpc) is 3.00. The smallest absolute Gasteiger partial charge is 0.130 e. The van der Waals surface area contributed by atoms with E-state index in [1.807, 2.05) is 19.1 Å². The highest BCUT2D eigenvalue weighted by atomic mass is 32.1. The molecule has 0 bridgehead atoms. The van der Waals surface area contributed by atoms with Gasteiger partial charge in [-0.05, 0) is 30.7 Å². The standard InChI is InChI=1S/C19H23FO4S/c1-11-3-4-15(25-11)5-12-6-16(18(23-2)9-17(12)20)19-8-13(22)7-14(10-21)24-19/h3-4,6,9,13-14,19,21-22H,5,7-8,10H2,1-2H3. The van der Waals surface area contributed by atoms with Crippen LogP contribution in [-0.4, -0.2) is 36.1 Å². The molecular formula is C19H23FO4S. The van der Waals surface area contributed by atoms with Gasteiger partial charge in [0.2, 0.25) is 0 Å². The van der Waals surface area contributed by atoms with Crippen LogP contribution >= 0.6 is 11.3 Å². The fourth-order valence-corrected chi connectivity index (χ4v) is 4.17. The van der Waals surface area contributed by atoms with Crippen molar-refractivity contribution in [2.75, 3.05) is 13.7 Å². The number of halogens is 1. The van der Waals surface area contributed by atoms with Crippen LogP contribution in [-0.2, 0) is 11.2 Å². The monoisotopic (exact) mass is 366 g/mol. The van der Waals surface area contributed by atoms with E-state index in [-0.39, 0.29) is 12.4 Å². The first-order valence-corrected chi connectivity index (χ1v) is 9.17. The van der Waals surface area contributed by atoms with E-state index in [2.05, 4.69) is 0 Å². The molecule has 1 aromatic carbocycles. The molecule has 3 rings (SSSR count). The molecule has 2 heterocycles. The van der Waals surface area contributed by atoms with Crippen molar-refractivity contribution in [1.82, 2.24) is 0 Å². The lowest BCUT2D eigenvalue weighted by atomic mass is 9.93. The van der Waals surface area contributed by atoms with E-state index in [1.54, 1.807) is 17.4 Å². The lowest BCUT2D eigenvalue weighted by molar-refractivity contribution is -0.114. The minimum atomic E-state index is -0.561. The van der Waals surface area contributed by atoms with Crippen LogP contribution in [0.5, 0.6) is 5.75 Å². The Kier molecular flexibility index (Phi) is 5.74. The Bertz CT molecular complexity index is 730. The Morgan fingerprint density at radius 1 is 1.32 bits per heavy atom. The first kappa shape index (κ1) is 18.3. The molecule has 0 saturated carbocycles. The molecule has 1 aliphatic rings. The minimum Gasteiger partial charge on any atom is -0.496 e. The van der Waals surface area contributed by atoms with Crippen LogP contribution in [0.25, 0.3) is 0 Å². The molecule has 3 atom stereocenters. The van der Waals surface area contributed by atoms with Gasteiger partial charge >= 0.3 is 0 Å². The van der Waals surface area contributed by atoms with Gasteiger partial charge in [-0.3, -0.25) is 0 Å². The zero-order valence-electron chi connectivity index (χ0n) is 14.4. The first-order valence-electron chi connectivity index (χ1n) is 8.36. The lowest BCUT2D eigenvalue weighted by Crippen LogP contribution is -2.33. The summed E-state index contributed by atoms with van der Waals surface area (Å²) >= 11 is 1.64. The van der Waals surface area contributed by atoms with E-state index in [0.29, 0.717) is 36.1 Å². The summed E-state index contributed by atoms with van der Waals surface area (Å²) in [6, 6.07) is 7.17. The molecule has 1 aromatic heterocycles. The zero-order valence-corrected chi connectivity index (χ0v) is 15.2. The fraction of sp³-hybridized carbons (Fsp3) is 0.474. The molecule has 2 aromatic rings. The average molecular weight is 366 g/mol. The normalized spacial score (nSPS) is 23.6. The van der Waals surface area contributed by atoms with Gasteiger partial charge in [-0.2, -0.15) is 0 Å². The number of methoxy groups -OCH3 is 1. The SMILES string of the molecule is COc1cc(F)c(Cc2ccc(C)s2)cc1C1CC(O)CC(CO)O1. The molecule has 136 valence electrons. The number of rotatable bonds is 5. The third kappa shape index (κ3) is 4.20. The number of aliphatic hydroxyl groups excluding tert-OH is 2. The third-order valence-electron chi connectivity index (χ3n) is 4.49. The van der Waals surface area contributed by atoms with Crippen molar-refractivity contribution in [2.24, 2.45) is 0 Å². The summed E-state index contributed by atoms with van der Waals surface area (Å²) in [4.78, 5) is 2.28. The number of hydrogen-bond donors (Lipinski definition) is 2. The quantitative estimate of drug-likeness (QED) is 0.852. The maximum atomic E-state index is 14.5. The molecule has 0 spiro atoms. The van der Waals surface area contributed by atoms with Gasteiger partial charge < -0.3 is 19.7 Å². The van der Waals surface area contributed by atoms with Gasteiger partial charge in [0.25, 0.3) is 0 Å². The summed E-state index contributed by atoms with van der Waals surface area (Å²) in [5, 5.41) is 19.4. The van der Waals surface area contributed by atoms with Gasteiger partial charge in [0.15, 0.2) is 0 Å². The highest BCUT2D eigenvalue weighted by Crippen LogP contribution is 2.38. The van der Waals surface area contributed by atoms with Crippen LogP contribution in [0, 0.1) is 12.7 Å². The second-order valence-corrected chi connectivity index (χ2v) is 7.80. The van der Waals surface area contributed by atoms with Crippen LogP contribution in [0.3, 0.4) is 0 Å². The number of benzene rings is 1. The summed E-state index contributed by atoms with van der Waals surface area (Å²) in [6.07, 6.45) is -0.116. The van der Waals surface area contributed by atoms with Crippen LogP contribution in [0.1, 0.15) is 39.8 Å². The first-order chi connectivity index (χ1) is 12.0. The second-order valence-electron chi connectivity index (χ2n) is 6.43. The highest BCUT2D eigenvalue weighted by Gasteiger charge is 2.31. The van der Waals surface area contributed by atoms with Crippen LogP contribution in [0.15, 0.2) is 24.3 Å². The second kappa shape index (κ2) is 7.83. The Morgan fingerprint density at radius 2 is 2.12 bits per heavy atom. The fourth-order valence-electron chi connectivity index (χ4n) is 3.26. The van der Waals surface area contributed by atoms with Gasteiger partial charge in [-0.15, -0.1) is 11.3 Å². The van der Waals surface area contributed by atoms with Crippen molar-refractivity contribution in [3.8, 4) is 5.75 Å². The van der Waals surface area contributed by atoms with E-state index in [0.717, 1.165) is 4.88 Å². The molecule has 4 nitrogen and oxygen atoms in total. The van der Waals surface area contributed by atoms with Crippen molar-refractivity contribution < 1.29 is 24.1 Å². The van der Waals surface area contributed by atoms with Gasteiger partial charge in [0.05, 0.1) is 32.0 Å². The Labute approximate surface area is 150 Å². The Balaban J connectivity index is 1.92. The third-order valence-corrected chi connectivity index (χ3v) is 5.49. The molecule has 1 aliphatic heterocycles. The molecular weight excluding hydrogens is 343 g/mol. The maximum absolute atomic E-state index is 14.5. The van der Waals surface area contributed by atoms with E-state index >= 15 is 0 Å². The number of hydrogen-bond acceptors (Lipinski definition) is 5. The molecule has 1 fully saturated rings. The zero-order chi connectivity index (χ0) is 18.0. The van der Waals surface area contributed by atoms with E-state index in [9.17, 15) is 14.6 Å². The molecule has 0 radical (unpaired) electrons. The van der Waals surface area contributed by atoms with Crippen molar-refractivity contribution in [1.29, 1.82) is 0 Å². The van der Waals surface area contributed by atoms with Crippen LogP contribution in [0.4, 0.5) is 4.39 Å². The van der Waals surface area contributed by atoms with Gasteiger partial charge in [-0.1, -0.05) is 0 Å². The van der Waals surface area contributed by atoms with Gasteiger partial charge in [0.1, 0.15) is 11.6 Å². The molecule has 3 unspecified atom stereocenters. The predicted molar refractivity (Wildman–Crippen MR) is 94.8 cm³/mol. The van der Waals surface area contributed by atoms with Crippen LogP contribution in [0.2, 0.25) is 0 Å². The predicted octanol–water partition coefficient (Wildman–Crippen LogP) is 3.37. The number of aliphatic hydroxyl groups is 2. The van der Waals surface area contributed by atoms with Gasteiger partial charge in [0, 0.05) is 40.6 Å². The molecule has 2 N–H and O–H groups in total. The van der Waals surface area contributed by atoms with Crippen molar-refractivity contribution in [2.45, 2.75) is 44.5 Å². The Morgan fingerprint density at radius 3 is 2.76 bits per heavy atom. The molecule has 25 heavy (non-hydrogen) atoms. The topological polar surface area (TPSA) is 58.9 Å². The highest BCUT2D eigenvalue weighted by molar-refractivity contribution is 7.11. The van der Waals surface area contributed by atoms with Crippen molar-refractivity contribution >= 4 is 11.3 Å². The number of ether oxygens (including phenoxy) is 2. The Hall–Kier alpha value is -1.47. The molecule has 1 saturated heterocycles. The summed E-state index contributed by atoms with van der Waals surface area (Å²) in [5.74, 6) is 0.0844. The van der Waals surface area contributed by atoms with Crippen molar-refractivity contribution in [3.05, 3.63) is 51.0 Å². The molecule has 0 amide bonds. The summed E-state index contributed by atoms with van der Waals surface area (Å²) in [6.45, 7) is 1.87. The van der Waals surface area contributed by atoms with Gasteiger partial charge in [-0.25, -0.2) is 4.39 Å². The lowest BCUT2D eigenvalue weighted by Gasteiger charge is -2.33. The maximum Gasteiger partial charge on any atom is 0.130 e. The summed E-state index contributed by atoms with van der Waals surface area (Å²) in [7, 11) is 1.49. The van der Waals surface area contributed by atoms with E-state index < -0.39 is 18.3 Å².